The molecule has 0 bridgehead atoms. The molecule has 1 saturated heterocycles. The van der Waals surface area contributed by atoms with Gasteiger partial charge in [-0.1, -0.05) is 36.1 Å². The number of likely N-dealkylation sites (tertiary alicyclic amines) is 1. The van der Waals surface area contributed by atoms with Gasteiger partial charge in [0.2, 0.25) is 11.8 Å². The zero-order valence-corrected chi connectivity index (χ0v) is 15.7. The molecule has 1 aromatic carbocycles. The maximum Gasteiger partial charge on any atom is 0.243 e. The third kappa shape index (κ3) is 5.49. The van der Waals surface area contributed by atoms with Gasteiger partial charge in [0.15, 0.2) is 0 Å². The van der Waals surface area contributed by atoms with Crippen LogP contribution in [0.4, 0.5) is 5.69 Å². The van der Waals surface area contributed by atoms with Crippen molar-refractivity contribution in [3.05, 3.63) is 29.3 Å². The van der Waals surface area contributed by atoms with E-state index in [0.29, 0.717) is 0 Å². The van der Waals surface area contributed by atoms with Crippen molar-refractivity contribution >= 4 is 45.8 Å². The molecule has 2 amide bonds. The van der Waals surface area contributed by atoms with Crippen molar-refractivity contribution in [2.75, 3.05) is 30.7 Å². The summed E-state index contributed by atoms with van der Waals surface area (Å²) in [6.07, 6.45) is 2.32. The lowest BCUT2D eigenvalue weighted by atomic mass is 10.1. The van der Waals surface area contributed by atoms with Gasteiger partial charge in [0.25, 0.3) is 0 Å². The molecule has 2 rings (SSSR count). The number of amides is 2. The van der Waals surface area contributed by atoms with Crippen LogP contribution in [0.3, 0.4) is 0 Å². The minimum absolute atomic E-state index is 0.0384. The molecule has 0 atom stereocenters. The van der Waals surface area contributed by atoms with Gasteiger partial charge in [-0.2, -0.15) is 0 Å². The highest BCUT2D eigenvalue weighted by molar-refractivity contribution is 8.23. The van der Waals surface area contributed by atoms with Crippen molar-refractivity contribution in [1.82, 2.24) is 10.2 Å². The van der Waals surface area contributed by atoms with Crippen molar-refractivity contribution in [2.24, 2.45) is 0 Å². The molecule has 2 N–H and O–H groups in total. The number of thiocarbonyl (C=S) groups is 1. The van der Waals surface area contributed by atoms with Crippen molar-refractivity contribution in [2.45, 2.75) is 26.7 Å². The van der Waals surface area contributed by atoms with E-state index < -0.39 is 0 Å². The fraction of sp³-hybridized carbons (Fsp3) is 0.471. The van der Waals surface area contributed by atoms with Crippen LogP contribution < -0.4 is 10.6 Å². The molecular formula is C17H23N3O2S2. The first-order valence-electron chi connectivity index (χ1n) is 8.02. The Morgan fingerprint density at radius 1 is 1.21 bits per heavy atom. The summed E-state index contributed by atoms with van der Waals surface area (Å²) in [5, 5.41) is 5.45. The highest BCUT2D eigenvalue weighted by Crippen LogP contribution is 2.18. The summed E-state index contributed by atoms with van der Waals surface area (Å²) in [6.45, 7) is 5.87. The van der Waals surface area contributed by atoms with Gasteiger partial charge in [-0.15, -0.1) is 0 Å². The molecule has 0 unspecified atom stereocenters. The zero-order chi connectivity index (χ0) is 17.5. The zero-order valence-electron chi connectivity index (χ0n) is 14.1. The van der Waals surface area contributed by atoms with Crippen LogP contribution in [0.2, 0.25) is 0 Å². The van der Waals surface area contributed by atoms with Crippen molar-refractivity contribution in [3.8, 4) is 0 Å². The monoisotopic (exact) mass is 365 g/mol. The molecule has 1 fully saturated rings. The standard InChI is InChI=1S/C17H23N3O2S2/c1-12-6-5-7-14(13(12)2)19-15(21)10-18-16(22)11-24-17(23)20-8-3-4-9-20/h5-7H,3-4,8-11H2,1-2H3,(H,18,22)(H,19,21). The number of rotatable bonds is 5. The van der Waals surface area contributed by atoms with Crippen molar-refractivity contribution in [3.63, 3.8) is 0 Å². The largest absolute Gasteiger partial charge is 0.358 e. The fourth-order valence-corrected chi connectivity index (χ4v) is 3.51. The second-order valence-electron chi connectivity index (χ2n) is 5.82. The lowest BCUT2D eigenvalue weighted by Gasteiger charge is -2.17. The lowest BCUT2D eigenvalue weighted by Crippen LogP contribution is -2.35. The number of carbonyl (C=O) groups is 2. The smallest absolute Gasteiger partial charge is 0.243 e. The lowest BCUT2D eigenvalue weighted by molar-refractivity contribution is -0.122. The predicted octanol–water partition coefficient (Wildman–Crippen LogP) is 2.47. The molecule has 0 radical (unpaired) electrons. The minimum atomic E-state index is -0.232. The molecular weight excluding hydrogens is 342 g/mol. The minimum Gasteiger partial charge on any atom is -0.358 e. The van der Waals surface area contributed by atoms with E-state index in [0.717, 1.165) is 47.1 Å². The molecule has 0 aliphatic carbocycles. The third-order valence-corrected chi connectivity index (χ3v) is 5.54. The van der Waals surface area contributed by atoms with Crippen LogP contribution in [0.5, 0.6) is 0 Å². The van der Waals surface area contributed by atoms with Crippen LogP contribution in [0.1, 0.15) is 24.0 Å². The van der Waals surface area contributed by atoms with Gasteiger partial charge < -0.3 is 15.5 Å². The summed E-state index contributed by atoms with van der Waals surface area (Å²) in [4.78, 5) is 25.9. The van der Waals surface area contributed by atoms with Gasteiger partial charge in [-0.05, 0) is 43.9 Å². The first kappa shape index (κ1) is 18.7. The molecule has 130 valence electrons. The summed E-state index contributed by atoms with van der Waals surface area (Å²) >= 11 is 6.67. The van der Waals surface area contributed by atoms with Crippen LogP contribution >= 0.6 is 24.0 Å². The second-order valence-corrected chi connectivity index (χ2v) is 7.43. The van der Waals surface area contributed by atoms with Gasteiger partial charge in [-0.3, -0.25) is 9.59 Å². The Morgan fingerprint density at radius 3 is 2.62 bits per heavy atom. The number of hydrogen-bond acceptors (Lipinski definition) is 4. The molecule has 1 aromatic rings. The van der Waals surface area contributed by atoms with E-state index in [2.05, 4.69) is 15.5 Å². The van der Waals surface area contributed by atoms with E-state index in [4.69, 9.17) is 12.2 Å². The quantitative estimate of drug-likeness (QED) is 0.785. The summed E-state index contributed by atoms with van der Waals surface area (Å²) in [6, 6.07) is 5.74. The van der Waals surface area contributed by atoms with Crippen LogP contribution in [0.25, 0.3) is 0 Å². The molecule has 0 saturated carbocycles. The second kappa shape index (κ2) is 9.03. The van der Waals surface area contributed by atoms with E-state index in [1.165, 1.54) is 11.8 Å². The number of benzene rings is 1. The van der Waals surface area contributed by atoms with Gasteiger partial charge in [-0.25, -0.2) is 0 Å². The first-order valence-corrected chi connectivity index (χ1v) is 9.41. The van der Waals surface area contributed by atoms with Gasteiger partial charge in [0.05, 0.1) is 12.3 Å². The Bertz CT molecular complexity index is 628. The molecule has 5 nitrogen and oxygen atoms in total. The maximum atomic E-state index is 12.0. The number of aryl methyl sites for hydroxylation is 1. The Hall–Kier alpha value is -1.60. The molecule has 24 heavy (non-hydrogen) atoms. The predicted molar refractivity (Wildman–Crippen MR) is 103 cm³/mol. The number of anilines is 1. The van der Waals surface area contributed by atoms with E-state index in [-0.39, 0.29) is 24.1 Å². The van der Waals surface area contributed by atoms with Crippen LogP contribution in [-0.4, -0.2) is 46.4 Å². The van der Waals surface area contributed by atoms with Crippen LogP contribution in [0, 0.1) is 13.8 Å². The molecule has 1 aliphatic rings. The van der Waals surface area contributed by atoms with E-state index in [9.17, 15) is 9.59 Å². The van der Waals surface area contributed by atoms with E-state index in [1.54, 1.807) is 0 Å². The highest BCUT2D eigenvalue weighted by Gasteiger charge is 2.16. The Labute approximate surface area is 152 Å². The summed E-state index contributed by atoms with van der Waals surface area (Å²) in [5.41, 5.74) is 2.92. The normalized spacial score (nSPS) is 13.7. The van der Waals surface area contributed by atoms with Crippen LogP contribution in [-0.2, 0) is 9.59 Å². The maximum absolute atomic E-state index is 12.0. The average molecular weight is 366 g/mol. The number of hydrogen-bond donors (Lipinski definition) is 2. The number of nitrogens with zero attached hydrogens (tertiary/aromatic N) is 1. The molecule has 1 aliphatic heterocycles. The molecule has 0 aromatic heterocycles. The first-order chi connectivity index (χ1) is 11.5. The van der Waals surface area contributed by atoms with Gasteiger partial charge in [0, 0.05) is 18.8 Å². The fourth-order valence-electron chi connectivity index (χ4n) is 2.43. The van der Waals surface area contributed by atoms with Crippen LogP contribution in [0.15, 0.2) is 18.2 Å². The Balaban J connectivity index is 1.70. The Kier molecular flexibility index (Phi) is 7.05. The number of thioether (sulfide) groups is 1. The summed E-state index contributed by atoms with van der Waals surface area (Å²) in [7, 11) is 0. The SMILES string of the molecule is Cc1cccc(NC(=O)CNC(=O)CSC(=S)N2CCCC2)c1C. The average Bonchev–Trinajstić information content (AvgIpc) is 3.09. The Morgan fingerprint density at radius 2 is 1.92 bits per heavy atom. The topological polar surface area (TPSA) is 61.4 Å². The van der Waals surface area contributed by atoms with E-state index in [1.807, 2.05) is 32.0 Å². The summed E-state index contributed by atoms with van der Waals surface area (Å²) < 4.78 is 0.766. The number of nitrogens with one attached hydrogen (secondary N) is 2. The third-order valence-electron chi connectivity index (χ3n) is 4.02. The van der Waals surface area contributed by atoms with Crippen molar-refractivity contribution < 1.29 is 9.59 Å². The van der Waals surface area contributed by atoms with Crippen molar-refractivity contribution in [1.29, 1.82) is 0 Å². The van der Waals surface area contributed by atoms with Gasteiger partial charge >= 0.3 is 0 Å². The number of carbonyl (C=O) groups excluding carboxylic acids is 2. The molecule has 7 heteroatoms. The van der Waals surface area contributed by atoms with Gasteiger partial charge in [0.1, 0.15) is 4.32 Å². The molecule has 0 spiro atoms. The highest BCUT2D eigenvalue weighted by atomic mass is 32.2. The van der Waals surface area contributed by atoms with E-state index >= 15 is 0 Å². The summed E-state index contributed by atoms with van der Waals surface area (Å²) in [5.74, 6) is -0.173. The molecule has 1 heterocycles.